The summed E-state index contributed by atoms with van der Waals surface area (Å²) >= 11 is 0. The van der Waals surface area contributed by atoms with E-state index in [1.807, 2.05) is 6.07 Å². The summed E-state index contributed by atoms with van der Waals surface area (Å²) < 4.78 is 15.2. The van der Waals surface area contributed by atoms with E-state index in [4.69, 9.17) is 5.73 Å². The van der Waals surface area contributed by atoms with Gasteiger partial charge in [0.25, 0.3) is 5.56 Å². The lowest BCUT2D eigenvalue weighted by atomic mass is 10.1. The van der Waals surface area contributed by atoms with Crippen molar-refractivity contribution in [1.29, 1.82) is 0 Å². The van der Waals surface area contributed by atoms with Gasteiger partial charge in [-0.1, -0.05) is 12.1 Å². The third-order valence-corrected chi connectivity index (χ3v) is 3.65. The van der Waals surface area contributed by atoms with Crippen molar-refractivity contribution < 1.29 is 4.39 Å². The summed E-state index contributed by atoms with van der Waals surface area (Å²) in [7, 11) is 0. The first-order valence-corrected chi connectivity index (χ1v) is 6.40. The summed E-state index contributed by atoms with van der Waals surface area (Å²) in [4.78, 5) is 12.0. The van der Waals surface area contributed by atoms with E-state index in [1.54, 1.807) is 22.8 Å². The van der Waals surface area contributed by atoms with Gasteiger partial charge in [0.1, 0.15) is 5.82 Å². The zero-order chi connectivity index (χ0) is 13.4. The Balaban J connectivity index is 2.02. The second-order valence-corrected chi connectivity index (χ2v) is 4.94. The maximum absolute atomic E-state index is 13.4. The van der Waals surface area contributed by atoms with E-state index in [1.165, 1.54) is 11.6 Å². The smallest absolute Gasteiger partial charge is 0.251 e. The van der Waals surface area contributed by atoms with Crippen molar-refractivity contribution in [3.8, 4) is 0 Å². The third kappa shape index (κ3) is 2.14. The Morgan fingerprint density at radius 3 is 2.84 bits per heavy atom. The second-order valence-electron chi connectivity index (χ2n) is 4.94. The van der Waals surface area contributed by atoms with E-state index in [2.05, 4.69) is 0 Å². The minimum Gasteiger partial charge on any atom is -0.396 e. The first kappa shape index (κ1) is 12.0. The summed E-state index contributed by atoms with van der Waals surface area (Å²) in [6.07, 6.45) is 3.02. The lowest BCUT2D eigenvalue weighted by molar-refractivity contribution is 0.625. The fourth-order valence-corrected chi connectivity index (χ4v) is 2.66. The zero-order valence-electron chi connectivity index (χ0n) is 10.5. The molecule has 3 nitrogen and oxygen atoms in total. The molecule has 0 unspecified atom stereocenters. The van der Waals surface area contributed by atoms with Crippen LogP contribution in [0.2, 0.25) is 0 Å². The molecule has 1 aliphatic carbocycles. The molecule has 1 aromatic heterocycles. The first-order chi connectivity index (χ1) is 9.15. The normalized spacial score (nSPS) is 13.5. The number of hydrogen-bond acceptors (Lipinski definition) is 2. The molecule has 19 heavy (non-hydrogen) atoms. The number of nitrogens with zero attached hydrogens (tertiary/aromatic N) is 1. The molecule has 0 saturated carbocycles. The minimum atomic E-state index is -0.432. The van der Waals surface area contributed by atoms with Crippen LogP contribution < -0.4 is 11.3 Å². The number of nitrogens with two attached hydrogens (primary N) is 1. The van der Waals surface area contributed by atoms with Gasteiger partial charge in [-0.15, -0.1) is 0 Å². The molecule has 3 rings (SSSR count). The predicted molar refractivity (Wildman–Crippen MR) is 72.6 cm³/mol. The van der Waals surface area contributed by atoms with Crippen molar-refractivity contribution in [3.05, 3.63) is 63.3 Å². The summed E-state index contributed by atoms with van der Waals surface area (Å²) in [5.74, 6) is -0.432. The highest BCUT2D eigenvalue weighted by Gasteiger charge is 2.16. The number of hydrogen-bond donors (Lipinski definition) is 1. The fourth-order valence-electron chi connectivity index (χ4n) is 2.66. The molecule has 1 aromatic carbocycles. The number of aryl methyl sites for hydroxylation is 1. The number of aromatic nitrogens is 1. The van der Waals surface area contributed by atoms with Crippen LogP contribution in [0.25, 0.3) is 0 Å². The Morgan fingerprint density at radius 1 is 1.21 bits per heavy atom. The molecule has 0 aliphatic heterocycles. The molecule has 0 bridgehead atoms. The van der Waals surface area contributed by atoms with Crippen LogP contribution in [-0.4, -0.2) is 4.57 Å². The number of halogens is 1. The SMILES string of the molecule is Nc1ccc(Cn2c3c(ccc2=O)CCC3)cc1F. The molecule has 98 valence electrons. The van der Waals surface area contributed by atoms with Crippen molar-refractivity contribution in [2.45, 2.75) is 25.8 Å². The summed E-state index contributed by atoms with van der Waals surface area (Å²) in [6.45, 7) is 0.402. The van der Waals surface area contributed by atoms with Gasteiger partial charge in [0.05, 0.1) is 12.2 Å². The van der Waals surface area contributed by atoms with E-state index in [0.29, 0.717) is 6.54 Å². The monoisotopic (exact) mass is 258 g/mol. The molecular formula is C15H15FN2O. The maximum Gasteiger partial charge on any atom is 0.251 e. The van der Waals surface area contributed by atoms with Gasteiger partial charge in [-0.25, -0.2) is 4.39 Å². The topological polar surface area (TPSA) is 48.0 Å². The molecule has 0 fully saturated rings. The van der Waals surface area contributed by atoms with Gasteiger partial charge in [-0.05, 0) is 42.5 Å². The largest absolute Gasteiger partial charge is 0.396 e. The van der Waals surface area contributed by atoms with Gasteiger partial charge in [-0.3, -0.25) is 4.79 Å². The number of fused-ring (bicyclic) bond motifs is 1. The number of nitrogen functional groups attached to an aromatic ring is 1. The Hall–Kier alpha value is -2.10. The van der Waals surface area contributed by atoms with Crippen LogP contribution in [0.5, 0.6) is 0 Å². The number of pyridine rings is 1. The Bertz CT molecular complexity index is 691. The third-order valence-electron chi connectivity index (χ3n) is 3.65. The minimum absolute atomic E-state index is 0.0297. The summed E-state index contributed by atoms with van der Waals surface area (Å²) in [6, 6.07) is 8.21. The Labute approximate surface area is 110 Å². The predicted octanol–water partition coefficient (Wildman–Crippen LogP) is 2.11. The van der Waals surface area contributed by atoms with E-state index in [0.717, 1.165) is 30.5 Å². The second kappa shape index (κ2) is 4.53. The molecular weight excluding hydrogens is 243 g/mol. The molecule has 0 saturated heterocycles. The number of anilines is 1. The molecule has 0 atom stereocenters. The first-order valence-electron chi connectivity index (χ1n) is 6.40. The van der Waals surface area contributed by atoms with E-state index >= 15 is 0 Å². The molecule has 4 heteroatoms. The van der Waals surface area contributed by atoms with Crippen molar-refractivity contribution in [3.63, 3.8) is 0 Å². The fraction of sp³-hybridized carbons (Fsp3) is 0.267. The van der Waals surface area contributed by atoms with Crippen molar-refractivity contribution in [2.75, 3.05) is 5.73 Å². The molecule has 1 aliphatic rings. The van der Waals surface area contributed by atoms with Gasteiger partial charge in [0.2, 0.25) is 0 Å². The van der Waals surface area contributed by atoms with E-state index in [9.17, 15) is 9.18 Å². The summed E-state index contributed by atoms with van der Waals surface area (Å²) in [5.41, 5.74) is 8.64. The Morgan fingerprint density at radius 2 is 2.05 bits per heavy atom. The molecule has 0 radical (unpaired) electrons. The van der Waals surface area contributed by atoms with E-state index in [-0.39, 0.29) is 11.2 Å². The van der Waals surface area contributed by atoms with Crippen LogP contribution in [0, 0.1) is 5.82 Å². The maximum atomic E-state index is 13.4. The van der Waals surface area contributed by atoms with Crippen molar-refractivity contribution in [2.24, 2.45) is 0 Å². The molecule has 2 N–H and O–H groups in total. The highest BCUT2D eigenvalue weighted by Crippen LogP contribution is 2.21. The zero-order valence-corrected chi connectivity index (χ0v) is 10.5. The lowest BCUT2D eigenvalue weighted by Crippen LogP contribution is -2.23. The van der Waals surface area contributed by atoms with Gasteiger partial charge in [0, 0.05) is 11.8 Å². The quantitative estimate of drug-likeness (QED) is 0.839. The Kier molecular flexibility index (Phi) is 2.85. The highest BCUT2D eigenvalue weighted by atomic mass is 19.1. The van der Waals surface area contributed by atoms with Crippen LogP contribution >= 0.6 is 0 Å². The number of benzene rings is 1. The van der Waals surface area contributed by atoms with Crippen molar-refractivity contribution in [1.82, 2.24) is 4.57 Å². The van der Waals surface area contributed by atoms with Gasteiger partial charge in [0.15, 0.2) is 0 Å². The van der Waals surface area contributed by atoms with Crippen LogP contribution in [-0.2, 0) is 19.4 Å². The van der Waals surface area contributed by atoms with Crippen molar-refractivity contribution >= 4 is 5.69 Å². The molecule has 2 aromatic rings. The number of rotatable bonds is 2. The highest BCUT2D eigenvalue weighted by molar-refractivity contribution is 5.41. The average molecular weight is 258 g/mol. The molecule has 0 spiro atoms. The van der Waals surface area contributed by atoms with E-state index < -0.39 is 5.82 Å². The summed E-state index contributed by atoms with van der Waals surface area (Å²) in [5, 5.41) is 0. The molecule has 0 amide bonds. The van der Waals surface area contributed by atoms with Gasteiger partial charge < -0.3 is 10.3 Å². The van der Waals surface area contributed by atoms with Gasteiger partial charge in [-0.2, -0.15) is 0 Å². The average Bonchev–Trinajstić information content (AvgIpc) is 2.86. The van der Waals surface area contributed by atoms with Crippen LogP contribution in [0.15, 0.2) is 35.1 Å². The van der Waals surface area contributed by atoms with Crippen LogP contribution in [0.1, 0.15) is 23.2 Å². The van der Waals surface area contributed by atoms with Crippen LogP contribution in [0.3, 0.4) is 0 Å². The molecule has 1 heterocycles. The standard InChI is InChI=1S/C15H15FN2O/c16-12-8-10(4-6-13(12)17)9-18-14-3-1-2-11(14)5-7-15(18)19/h4-8H,1-3,9,17H2. The van der Waals surface area contributed by atoms with Crippen LogP contribution in [0.4, 0.5) is 10.1 Å². The lowest BCUT2D eigenvalue weighted by Gasteiger charge is -2.12. The van der Waals surface area contributed by atoms with Gasteiger partial charge >= 0.3 is 0 Å².